The van der Waals surface area contributed by atoms with E-state index in [9.17, 15) is 9.18 Å². The van der Waals surface area contributed by atoms with Gasteiger partial charge in [-0.15, -0.1) is 0 Å². The molecule has 0 aliphatic heterocycles. The van der Waals surface area contributed by atoms with Crippen molar-refractivity contribution in [1.82, 2.24) is 9.97 Å². The van der Waals surface area contributed by atoms with E-state index in [4.69, 9.17) is 4.74 Å². The summed E-state index contributed by atoms with van der Waals surface area (Å²) in [5, 5.41) is 6.29. The van der Waals surface area contributed by atoms with E-state index in [1.807, 2.05) is 13.0 Å². The molecule has 0 unspecified atom stereocenters. The average molecular weight is 366 g/mol. The van der Waals surface area contributed by atoms with E-state index < -0.39 is 5.97 Å². The summed E-state index contributed by atoms with van der Waals surface area (Å²) < 4.78 is 17.7. The number of methoxy groups -OCH3 is 1. The number of benzene rings is 2. The van der Waals surface area contributed by atoms with Gasteiger partial charge in [-0.2, -0.15) is 4.98 Å². The molecule has 3 rings (SSSR count). The van der Waals surface area contributed by atoms with Crippen LogP contribution in [0.25, 0.3) is 0 Å². The summed E-state index contributed by atoms with van der Waals surface area (Å²) in [5.74, 6) is 0.363. The highest BCUT2D eigenvalue weighted by molar-refractivity contribution is 5.90. The summed E-state index contributed by atoms with van der Waals surface area (Å²) in [6.07, 6.45) is 0. The minimum absolute atomic E-state index is 0.272. The first-order chi connectivity index (χ1) is 13.0. The molecule has 0 saturated heterocycles. The third-order valence-corrected chi connectivity index (χ3v) is 3.77. The number of ether oxygens (including phenoxy) is 1. The number of nitrogens with zero attached hydrogens (tertiary/aromatic N) is 2. The van der Waals surface area contributed by atoms with Gasteiger partial charge in [0.1, 0.15) is 11.6 Å². The fourth-order valence-corrected chi connectivity index (χ4v) is 2.48. The van der Waals surface area contributed by atoms with E-state index in [2.05, 4.69) is 20.6 Å². The Morgan fingerprint density at radius 2 is 1.89 bits per heavy atom. The molecule has 1 aromatic heterocycles. The van der Waals surface area contributed by atoms with Crippen molar-refractivity contribution in [3.05, 3.63) is 77.2 Å². The van der Waals surface area contributed by atoms with Crippen LogP contribution in [0.5, 0.6) is 0 Å². The van der Waals surface area contributed by atoms with Crippen LogP contribution in [0.2, 0.25) is 0 Å². The zero-order valence-corrected chi connectivity index (χ0v) is 15.0. The molecule has 0 aliphatic rings. The summed E-state index contributed by atoms with van der Waals surface area (Å²) in [7, 11) is 1.34. The summed E-state index contributed by atoms with van der Waals surface area (Å²) in [6, 6.07) is 15.0. The zero-order valence-electron chi connectivity index (χ0n) is 15.0. The minimum atomic E-state index is -0.404. The van der Waals surface area contributed by atoms with Gasteiger partial charge in [0, 0.05) is 24.0 Å². The van der Waals surface area contributed by atoms with Crippen LogP contribution in [0.3, 0.4) is 0 Å². The summed E-state index contributed by atoms with van der Waals surface area (Å²) >= 11 is 0. The van der Waals surface area contributed by atoms with Crippen LogP contribution in [-0.2, 0) is 11.3 Å². The van der Waals surface area contributed by atoms with Crippen LogP contribution in [0.15, 0.2) is 54.6 Å². The molecule has 2 N–H and O–H groups in total. The maximum absolute atomic E-state index is 13.0. The third-order valence-electron chi connectivity index (χ3n) is 3.77. The number of esters is 1. The molecule has 1 heterocycles. The van der Waals surface area contributed by atoms with Crippen molar-refractivity contribution in [2.75, 3.05) is 17.7 Å². The Morgan fingerprint density at radius 1 is 1.11 bits per heavy atom. The quantitative estimate of drug-likeness (QED) is 0.641. The monoisotopic (exact) mass is 366 g/mol. The largest absolute Gasteiger partial charge is 0.465 e. The van der Waals surface area contributed by atoms with Crippen molar-refractivity contribution in [3.8, 4) is 0 Å². The minimum Gasteiger partial charge on any atom is -0.465 e. The Bertz CT molecular complexity index is 945. The van der Waals surface area contributed by atoms with Gasteiger partial charge in [0.25, 0.3) is 0 Å². The van der Waals surface area contributed by atoms with E-state index >= 15 is 0 Å². The summed E-state index contributed by atoms with van der Waals surface area (Å²) in [4.78, 5) is 20.4. The molecule has 6 nitrogen and oxygen atoms in total. The standard InChI is InChI=1S/C20H19FN4O2/c1-13-10-18(24-17-5-3-4-15(11-17)19(26)27-2)25-20(23-13)22-12-14-6-8-16(21)9-7-14/h3-11H,12H2,1-2H3,(H2,22,23,24,25). The second-order valence-electron chi connectivity index (χ2n) is 5.90. The van der Waals surface area contributed by atoms with Crippen LogP contribution in [0.4, 0.5) is 21.8 Å². The fraction of sp³-hybridized carbons (Fsp3) is 0.150. The first-order valence-corrected chi connectivity index (χ1v) is 8.33. The van der Waals surface area contributed by atoms with E-state index in [1.54, 1.807) is 36.4 Å². The number of carbonyl (C=O) groups excluding carboxylic acids is 1. The molecule has 0 saturated carbocycles. The van der Waals surface area contributed by atoms with Gasteiger partial charge in [0.15, 0.2) is 0 Å². The Labute approximate surface area is 156 Å². The predicted octanol–water partition coefficient (Wildman–Crippen LogP) is 4.07. The van der Waals surface area contributed by atoms with Crippen LogP contribution in [0.1, 0.15) is 21.6 Å². The summed E-state index contributed by atoms with van der Waals surface area (Å²) in [6.45, 7) is 2.34. The van der Waals surface area contributed by atoms with Gasteiger partial charge >= 0.3 is 5.97 Å². The van der Waals surface area contributed by atoms with E-state index in [-0.39, 0.29) is 5.82 Å². The van der Waals surface area contributed by atoms with Gasteiger partial charge in [-0.25, -0.2) is 14.2 Å². The molecule has 3 aromatic rings. The van der Waals surface area contributed by atoms with Crippen molar-refractivity contribution in [2.24, 2.45) is 0 Å². The molecule has 0 aliphatic carbocycles. The van der Waals surface area contributed by atoms with Gasteiger partial charge in [-0.1, -0.05) is 18.2 Å². The molecule has 2 aromatic carbocycles. The lowest BCUT2D eigenvalue weighted by molar-refractivity contribution is 0.0601. The fourth-order valence-electron chi connectivity index (χ4n) is 2.48. The van der Waals surface area contributed by atoms with Gasteiger partial charge in [0.2, 0.25) is 5.95 Å². The molecular weight excluding hydrogens is 347 g/mol. The highest BCUT2D eigenvalue weighted by atomic mass is 19.1. The molecular formula is C20H19FN4O2. The highest BCUT2D eigenvalue weighted by Crippen LogP contribution is 2.19. The third kappa shape index (κ3) is 5.01. The molecule has 0 atom stereocenters. The predicted molar refractivity (Wildman–Crippen MR) is 102 cm³/mol. The number of hydrogen-bond donors (Lipinski definition) is 2. The number of carbonyl (C=O) groups is 1. The van der Waals surface area contributed by atoms with Crippen molar-refractivity contribution in [2.45, 2.75) is 13.5 Å². The van der Waals surface area contributed by atoms with Crippen LogP contribution < -0.4 is 10.6 Å². The van der Waals surface area contributed by atoms with Crippen LogP contribution >= 0.6 is 0 Å². The normalized spacial score (nSPS) is 10.3. The van der Waals surface area contributed by atoms with E-state index in [0.29, 0.717) is 29.6 Å². The smallest absolute Gasteiger partial charge is 0.337 e. The van der Waals surface area contributed by atoms with Crippen molar-refractivity contribution in [3.63, 3.8) is 0 Å². The Kier molecular flexibility index (Phi) is 5.61. The SMILES string of the molecule is COC(=O)c1cccc(Nc2cc(C)nc(NCc3ccc(F)cc3)n2)c1. The lowest BCUT2D eigenvalue weighted by Gasteiger charge is -2.11. The van der Waals surface area contributed by atoms with Gasteiger partial charge in [0.05, 0.1) is 12.7 Å². The number of aryl methyl sites for hydroxylation is 1. The van der Waals surface area contributed by atoms with Crippen LogP contribution in [0, 0.1) is 12.7 Å². The van der Waals surface area contributed by atoms with Crippen molar-refractivity contribution in [1.29, 1.82) is 0 Å². The Morgan fingerprint density at radius 3 is 2.63 bits per heavy atom. The highest BCUT2D eigenvalue weighted by Gasteiger charge is 2.07. The molecule has 0 bridgehead atoms. The number of nitrogens with one attached hydrogen (secondary N) is 2. The molecule has 27 heavy (non-hydrogen) atoms. The Balaban J connectivity index is 1.73. The van der Waals surface area contributed by atoms with Crippen LogP contribution in [-0.4, -0.2) is 23.0 Å². The number of rotatable bonds is 6. The first-order valence-electron chi connectivity index (χ1n) is 8.33. The topological polar surface area (TPSA) is 76.1 Å². The van der Waals surface area contributed by atoms with Gasteiger partial charge in [-0.3, -0.25) is 0 Å². The summed E-state index contributed by atoms with van der Waals surface area (Å²) in [5.41, 5.74) is 2.85. The number of halogens is 1. The number of aromatic nitrogens is 2. The van der Waals surface area contributed by atoms with E-state index in [1.165, 1.54) is 19.2 Å². The van der Waals surface area contributed by atoms with Crippen molar-refractivity contribution < 1.29 is 13.9 Å². The molecule has 0 spiro atoms. The molecule has 7 heteroatoms. The number of hydrogen-bond acceptors (Lipinski definition) is 6. The number of anilines is 3. The van der Waals surface area contributed by atoms with E-state index in [0.717, 1.165) is 11.3 Å². The Hall–Kier alpha value is -3.48. The maximum atomic E-state index is 13.0. The average Bonchev–Trinajstić information content (AvgIpc) is 2.67. The lowest BCUT2D eigenvalue weighted by atomic mass is 10.2. The van der Waals surface area contributed by atoms with Gasteiger partial charge < -0.3 is 15.4 Å². The molecule has 0 amide bonds. The first kappa shape index (κ1) is 18.3. The molecule has 138 valence electrons. The molecule has 0 radical (unpaired) electrons. The molecule has 0 fully saturated rings. The zero-order chi connectivity index (χ0) is 19.2. The second-order valence-corrected chi connectivity index (χ2v) is 5.90. The second kappa shape index (κ2) is 8.27. The van der Waals surface area contributed by atoms with Gasteiger partial charge in [-0.05, 0) is 42.8 Å². The maximum Gasteiger partial charge on any atom is 0.337 e. The lowest BCUT2D eigenvalue weighted by Crippen LogP contribution is -2.07. The van der Waals surface area contributed by atoms with Crippen molar-refractivity contribution >= 4 is 23.4 Å².